The third-order valence-corrected chi connectivity index (χ3v) is 3.80. The summed E-state index contributed by atoms with van der Waals surface area (Å²) in [6.45, 7) is 4.22. The van der Waals surface area contributed by atoms with E-state index in [-0.39, 0.29) is 5.91 Å². The van der Waals surface area contributed by atoms with Crippen molar-refractivity contribution in [3.63, 3.8) is 0 Å². The Morgan fingerprint density at radius 1 is 1.32 bits per heavy atom. The summed E-state index contributed by atoms with van der Waals surface area (Å²) in [6.07, 6.45) is 4.67. The molecule has 1 amide bonds. The number of benzene rings is 1. The highest BCUT2D eigenvalue weighted by atomic mass is 16.5. The maximum absolute atomic E-state index is 12.2. The highest BCUT2D eigenvalue weighted by Crippen LogP contribution is 2.27. The molecule has 0 bridgehead atoms. The Bertz CT molecular complexity index is 448. The summed E-state index contributed by atoms with van der Waals surface area (Å²) < 4.78 is 5.34. The SMILES string of the molecule is COc1ccc(C(=O)NC2CCCC2)cc1C(C)C. The summed E-state index contributed by atoms with van der Waals surface area (Å²) in [4.78, 5) is 12.2. The molecule has 1 aliphatic carbocycles. The normalized spacial score (nSPS) is 15.8. The van der Waals surface area contributed by atoms with Gasteiger partial charge in [0.25, 0.3) is 5.91 Å². The number of nitrogens with one attached hydrogen (secondary N) is 1. The minimum atomic E-state index is 0.0384. The molecule has 1 aromatic rings. The van der Waals surface area contributed by atoms with Crippen LogP contribution in [0.25, 0.3) is 0 Å². The van der Waals surface area contributed by atoms with E-state index in [1.165, 1.54) is 12.8 Å². The number of hydrogen-bond acceptors (Lipinski definition) is 2. The maximum atomic E-state index is 12.2. The molecule has 3 heteroatoms. The van der Waals surface area contributed by atoms with E-state index in [0.717, 1.165) is 29.7 Å². The van der Waals surface area contributed by atoms with Gasteiger partial charge in [0.2, 0.25) is 0 Å². The van der Waals surface area contributed by atoms with Crippen LogP contribution in [0.5, 0.6) is 5.75 Å². The van der Waals surface area contributed by atoms with Gasteiger partial charge in [-0.05, 0) is 42.5 Å². The number of rotatable bonds is 4. The molecule has 0 aliphatic heterocycles. The molecule has 2 rings (SSSR count). The van der Waals surface area contributed by atoms with E-state index in [0.29, 0.717) is 12.0 Å². The van der Waals surface area contributed by atoms with Gasteiger partial charge >= 0.3 is 0 Å². The molecule has 0 unspecified atom stereocenters. The molecule has 3 nitrogen and oxygen atoms in total. The lowest BCUT2D eigenvalue weighted by Crippen LogP contribution is -2.32. The van der Waals surface area contributed by atoms with Crippen LogP contribution in [0, 0.1) is 0 Å². The third-order valence-electron chi connectivity index (χ3n) is 3.80. The van der Waals surface area contributed by atoms with Crippen molar-refractivity contribution in [1.29, 1.82) is 0 Å². The van der Waals surface area contributed by atoms with E-state index in [4.69, 9.17) is 4.74 Å². The Labute approximate surface area is 115 Å². The first kappa shape index (κ1) is 13.9. The van der Waals surface area contributed by atoms with Crippen molar-refractivity contribution in [2.24, 2.45) is 0 Å². The average molecular weight is 261 g/mol. The fraction of sp³-hybridized carbons (Fsp3) is 0.562. The molecule has 0 saturated heterocycles. The van der Waals surface area contributed by atoms with Gasteiger partial charge in [-0.3, -0.25) is 4.79 Å². The third kappa shape index (κ3) is 3.28. The van der Waals surface area contributed by atoms with Gasteiger partial charge in [-0.25, -0.2) is 0 Å². The van der Waals surface area contributed by atoms with Crippen molar-refractivity contribution in [3.8, 4) is 5.75 Å². The molecule has 1 fully saturated rings. The summed E-state index contributed by atoms with van der Waals surface area (Å²) in [5.41, 5.74) is 1.82. The van der Waals surface area contributed by atoms with Crippen molar-refractivity contribution >= 4 is 5.91 Å². The lowest BCUT2D eigenvalue weighted by molar-refractivity contribution is 0.0937. The van der Waals surface area contributed by atoms with Gasteiger partial charge in [0.1, 0.15) is 5.75 Å². The minimum absolute atomic E-state index is 0.0384. The Kier molecular flexibility index (Phi) is 4.46. The molecule has 0 spiro atoms. The fourth-order valence-corrected chi connectivity index (χ4v) is 2.67. The van der Waals surface area contributed by atoms with Crippen LogP contribution in [0.4, 0.5) is 0 Å². The van der Waals surface area contributed by atoms with Gasteiger partial charge < -0.3 is 10.1 Å². The molecule has 1 saturated carbocycles. The highest BCUT2D eigenvalue weighted by molar-refractivity contribution is 5.94. The molecule has 19 heavy (non-hydrogen) atoms. The summed E-state index contributed by atoms with van der Waals surface area (Å²) in [7, 11) is 1.67. The Hall–Kier alpha value is -1.51. The van der Waals surface area contributed by atoms with Crippen molar-refractivity contribution in [2.45, 2.75) is 51.5 Å². The quantitative estimate of drug-likeness (QED) is 0.901. The Balaban J connectivity index is 2.15. The number of carbonyl (C=O) groups is 1. The van der Waals surface area contributed by atoms with Crippen molar-refractivity contribution in [1.82, 2.24) is 5.32 Å². The molecule has 0 radical (unpaired) electrons. The van der Waals surface area contributed by atoms with Crippen LogP contribution < -0.4 is 10.1 Å². The number of ether oxygens (including phenoxy) is 1. The van der Waals surface area contributed by atoms with E-state index in [1.807, 2.05) is 18.2 Å². The summed E-state index contributed by atoms with van der Waals surface area (Å²) in [5, 5.41) is 3.12. The first-order valence-corrected chi connectivity index (χ1v) is 7.10. The van der Waals surface area contributed by atoms with Crippen LogP contribution in [0.3, 0.4) is 0 Å². The predicted octanol–water partition coefficient (Wildman–Crippen LogP) is 3.49. The topological polar surface area (TPSA) is 38.3 Å². The maximum Gasteiger partial charge on any atom is 0.251 e. The number of amides is 1. The number of methoxy groups -OCH3 is 1. The van der Waals surface area contributed by atoms with Gasteiger partial charge in [0.15, 0.2) is 0 Å². The summed E-state index contributed by atoms with van der Waals surface area (Å²) in [6, 6.07) is 6.04. The van der Waals surface area contributed by atoms with E-state index in [2.05, 4.69) is 19.2 Å². The number of hydrogen-bond donors (Lipinski definition) is 1. The van der Waals surface area contributed by atoms with Crippen LogP contribution in [0.1, 0.15) is 61.4 Å². The van der Waals surface area contributed by atoms with Crippen molar-refractivity contribution in [2.75, 3.05) is 7.11 Å². The molecular weight excluding hydrogens is 238 g/mol. The van der Waals surface area contributed by atoms with Crippen LogP contribution in [0.15, 0.2) is 18.2 Å². The van der Waals surface area contributed by atoms with Gasteiger partial charge in [0.05, 0.1) is 7.11 Å². The van der Waals surface area contributed by atoms with E-state index in [9.17, 15) is 4.79 Å². The lowest BCUT2D eigenvalue weighted by Gasteiger charge is -2.15. The van der Waals surface area contributed by atoms with Crippen molar-refractivity contribution in [3.05, 3.63) is 29.3 Å². The monoisotopic (exact) mass is 261 g/mol. The Morgan fingerprint density at radius 2 is 2.00 bits per heavy atom. The van der Waals surface area contributed by atoms with Crippen molar-refractivity contribution < 1.29 is 9.53 Å². The van der Waals surface area contributed by atoms with E-state index < -0.39 is 0 Å². The number of carbonyl (C=O) groups excluding carboxylic acids is 1. The standard InChI is InChI=1S/C16H23NO2/c1-11(2)14-10-12(8-9-15(14)19-3)16(18)17-13-6-4-5-7-13/h8-11,13H,4-7H2,1-3H3,(H,17,18). The fourth-order valence-electron chi connectivity index (χ4n) is 2.67. The van der Waals surface area contributed by atoms with Gasteiger partial charge in [-0.1, -0.05) is 26.7 Å². The van der Waals surface area contributed by atoms with Gasteiger partial charge in [-0.2, -0.15) is 0 Å². The molecule has 0 heterocycles. The summed E-state index contributed by atoms with van der Waals surface area (Å²) >= 11 is 0. The second-order valence-electron chi connectivity index (χ2n) is 5.57. The summed E-state index contributed by atoms with van der Waals surface area (Å²) in [5.74, 6) is 1.23. The lowest BCUT2D eigenvalue weighted by atomic mass is 9.99. The molecule has 0 aromatic heterocycles. The zero-order valence-corrected chi connectivity index (χ0v) is 12.0. The van der Waals surface area contributed by atoms with Crippen LogP contribution in [-0.4, -0.2) is 19.1 Å². The second-order valence-corrected chi connectivity index (χ2v) is 5.57. The minimum Gasteiger partial charge on any atom is -0.496 e. The smallest absolute Gasteiger partial charge is 0.251 e. The molecule has 104 valence electrons. The molecule has 1 aromatic carbocycles. The predicted molar refractivity (Wildman–Crippen MR) is 76.8 cm³/mol. The van der Waals surface area contributed by atoms with Crippen LogP contribution in [0.2, 0.25) is 0 Å². The van der Waals surface area contributed by atoms with Crippen LogP contribution >= 0.6 is 0 Å². The molecule has 0 atom stereocenters. The first-order chi connectivity index (χ1) is 9.11. The molecule has 1 aliphatic rings. The Morgan fingerprint density at radius 3 is 2.58 bits per heavy atom. The molecular formula is C16H23NO2. The zero-order valence-electron chi connectivity index (χ0n) is 12.0. The van der Waals surface area contributed by atoms with Gasteiger partial charge in [0, 0.05) is 11.6 Å². The highest BCUT2D eigenvalue weighted by Gasteiger charge is 2.19. The van der Waals surface area contributed by atoms with E-state index >= 15 is 0 Å². The first-order valence-electron chi connectivity index (χ1n) is 7.10. The second kappa shape index (κ2) is 6.09. The van der Waals surface area contributed by atoms with Gasteiger partial charge in [-0.15, -0.1) is 0 Å². The average Bonchev–Trinajstić information content (AvgIpc) is 2.90. The largest absolute Gasteiger partial charge is 0.496 e. The van der Waals surface area contributed by atoms with E-state index in [1.54, 1.807) is 7.11 Å². The van der Waals surface area contributed by atoms with Crippen LogP contribution in [-0.2, 0) is 0 Å². The molecule has 1 N–H and O–H groups in total. The zero-order chi connectivity index (χ0) is 13.8.